The molecule has 142 valence electrons. The van der Waals surface area contributed by atoms with E-state index in [0.29, 0.717) is 20.9 Å². The first kappa shape index (κ1) is 20.5. The summed E-state index contributed by atoms with van der Waals surface area (Å²) in [5.41, 5.74) is 0.376. The maximum absolute atomic E-state index is 12.2. The number of carbonyl (C=O) groups excluding carboxylic acids is 1. The van der Waals surface area contributed by atoms with Gasteiger partial charge in [-0.15, -0.1) is 10.2 Å². The Hall–Kier alpha value is -1.85. The van der Waals surface area contributed by atoms with E-state index in [1.165, 1.54) is 23.1 Å². The van der Waals surface area contributed by atoms with Crippen molar-refractivity contribution in [2.45, 2.75) is 24.3 Å². The lowest BCUT2D eigenvalue weighted by molar-refractivity contribution is -0.114. The van der Waals surface area contributed by atoms with Crippen molar-refractivity contribution < 1.29 is 17.9 Å². The second kappa shape index (κ2) is 8.69. The van der Waals surface area contributed by atoms with Crippen LogP contribution in [0.1, 0.15) is 13.8 Å². The summed E-state index contributed by atoms with van der Waals surface area (Å²) in [5.74, 6) is 0.127. The Morgan fingerprint density at radius 3 is 2.46 bits per heavy atom. The Morgan fingerprint density at radius 2 is 1.96 bits per heavy atom. The number of hydrogen-bond acceptors (Lipinski definition) is 8. The van der Waals surface area contributed by atoms with E-state index in [1.54, 1.807) is 24.3 Å². The fourth-order valence-electron chi connectivity index (χ4n) is 2.00. The van der Waals surface area contributed by atoms with Gasteiger partial charge in [0.05, 0.1) is 18.0 Å². The molecule has 0 atom stereocenters. The molecular formula is C15H20N4O4S3. The van der Waals surface area contributed by atoms with E-state index >= 15 is 0 Å². The highest BCUT2D eigenvalue weighted by Gasteiger charge is 2.21. The standard InChI is InChI=1S/C15H20N4O4S3/c1-10(2)23-12-7-5-11(6-8-12)19(26(4,21)22)9-13(20)16-14-17-18-15(24-3)25-14/h5-8,10H,9H2,1-4H3,(H,16,17,20). The van der Waals surface area contributed by atoms with Crippen molar-refractivity contribution in [1.29, 1.82) is 0 Å². The van der Waals surface area contributed by atoms with E-state index in [0.717, 1.165) is 10.6 Å². The van der Waals surface area contributed by atoms with Crippen LogP contribution in [0.5, 0.6) is 5.75 Å². The van der Waals surface area contributed by atoms with Crippen LogP contribution >= 0.6 is 23.1 Å². The number of carbonyl (C=O) groups is 1. The zero-order chi connectivity index (χ0) is 19.3. The highest BCUT2D eigenvalue weighted by Crippen LogP contribution is 2.24. The first-order chi connectivity index (χ1) is 12.2. The molecule has 0 saturated carbocycles. The van der Waals surface area contributed by atoms with Crippen molar-refractivity contribution in [2.24, 2.45) is 0 Å². The average Bonchev–Trinajstić information content (AvgIpc) is 2.99. The lowest BCUT2D eigenvalue weighted by Gasteiger charge is -2.22. The highest BCUT2D eigenvalue weighted by atomic mass is 32.2. The van der Waals surface area contributed by atoms with Gasteiger partial charge in [0.1, 0.15) is 12.3 Å². The van der Waals surface area contributed by atoms with Crippen LogP contribution < -0.4 is 14.4 Å². The third-order valence-corrected chi connectivity index (χ3v) is 5.97. The fourth-order valence-corrected chi connectivity index (χ4v) is 4.04. The van der Waals surface area contributed by atoms with Crippen molar-refractivity contribution in [1.82, 2.24) is 10.2 Å². The molecule has 1 N–H and O–H groups in total. The van der Waals surface area contributed by atoms with E-state index in [1.807, 2.05) is 20.1 Å². The summed E-state index contributed by atoms with van der Waals surface area (Å²) in [6.07, 6.45) is 2.91. The second-order valence-corrected chi connectivity index (χ2v) is 9.49. The number of nitrogens with one attached hydrogen (secondary N) is 1. The Labute approximate surface area is 161 Å². The van der Waals surface area contributed by atoms with Crippen molar-refractivity contribution in [3.05, 3.63) is 24.3 Å². The number of anilines is 2. The van der Waals surface area contributed by atoms with Gasteiger partial charge in [-0.1, -0.05) is 23.1 Å². The Bertz CT molecular complexity index is 850. The largest absolute Gasteiger partial charge is 0.491 e. The summed E-state index contributed by atoms with van der Waals surface area (Å²) in [7, 11) is -3.65. The number of thioether (sulfide) groups is 1. The minimum absolute atomic E-state index is 0.00993. The van der Waals surface area contributed by atoms with E-state index in [9.17, 15) is 13.2 Å². The minimum Gasteiger partial charge on any atom is -0.491 e. The molecule has 0 fully saturated rings. The maximum atomic E-state index is 12.2. The zero-order valence-electron chi connectivity index (χ0n) is 14.8. The lowest BCUT2D eigenvalue weighted by Crippen LogP contribution is -2.37. The molecule has 0 spiro atoms. The first-order valence-corrected chi connectivity index (χ1v) is 11.5. The summed E-state index contributed by atoms with van der Waals surface area (Å²) in [4.78, 5) is 12.2. The second-order valence-electron chi connectivity index (χ2n) is 5.56. The van der Waals surface area contributed by atoms with Gasteiger partial charge in [0.25, 0.3) is 0 Å². The predicted octanol–water partition coefficient (Wildman–Crippen LogP) is 2.45. The van der Waals surface area contributed by atoms with Crippen LogP contribution in [0.4, 0.5) is 10.8 Å². The molecular weight excluding hydrogens is 396 g/mol. The molecule has 1 aromatic heterocycles. The Balaban J connectivity index is 2.13. The fraction of sp³-hybridized carbons (Fsp3) is 0.400. The van der Waals surface area contributed by atoms with Crippen molar-refractivity contribution in [2.75, 3.05) is 28.7 Å². The smallest absolute Gasteiger partial charge is 0.246 e. The molecule has 1 heterocycles. The molecule has 1 amide bonds. The molecule has 1 aromatic carbocycles. The molecule has 0 aliphatic heterocycles. The predicted molar refractivity (Wildman–Crippen MR) is 105 cm³/mol. The summed E-state index contributed by atoms with van der Waals surface area (Å²) in [6.45, 7) is 3.44. The van der Waals surface area contributed by atoms with Gasteiger partial charge >= 0.3 is 0 Å². The molecule has 11 heteroatoms. The van der Waals surface area contributed by atoms with Crippen LogP contribution in [0.2, 0.25) is 0 Å². The van der Waals surface area contributed by atoms with Gasteiger partial charge in [-0.25, -0.2) is 8.42 Å². The average molecular weight is 417 g/mol. The van der Waals surface area contributed by atoms with Gasteiger partial charge in [-0.3, -0.25) is 14.4 Å². The molecule has 0 unspecified atom stereocenters. The zero-order valence-corrected chi connectivity index (χ0v) is 17.2. The number of ether oxygens (including phenoxy) is 1. The van der Waals surface area contributed by atoms with Gasteiger partial charge in [-0.2, -0.15) is 0 Å². The van der Waals surface area contributed by atoms with E-state index < -0.39 is 15.9 Å². The van der Waals surface area contributed by atoms with Crippen LogP contribution in [0.25, 0.3) is 0 Å². The molecule has 0 aliphatic rings. The third kappa shape index (κ3) is 5.85. The SMILES string of the molecule is CSc1nnc(NC(=O)CN(c2ccc(OC(C)C)cc2)S(C)(=O)=O)s1. The lowest BCUT2D eigenvalue weighted by atomic mass is 10.3. The number of sulfonamides is 1. The van der Waals surface area contributed by atoms with Crippen LogP contribution in [0.15, 0.2) is 28.6 Å². The van der Waals surface area contributed by atoms with Crippen molar-refractivity contribution in [3.63, 3.8) is 0 Å². The Kier molecular flexibility index (Phi) is 6.84. The van der Waals surface area contributed by atoms with Gasteiger partial charge in [0, 0.05) is 0 Å². The molecule has 2 aromatic rings. The van der Waals surface area contributed by atoms with Gasteiger partial charge in [0.15, 0.2) is 4.34 Å². The summed E-state index contributed by atoms with van der Waals surface area (Å²) in [6, 6.07) is 6.54. The van der Waals surface area contributed by atoms with E-state index in [-0.39, 0.29) is 12.6 Å². The molecule has 26 heavy (non-hydrogen) atoms. The first-order valence-electron chi connectivity index (χ1n) is 7.61. The highest BCUT2D eigenvalue weighted by molar-refractivity contribution is 8.00. The normalized spacial score (nSPS) is 11.4. The van der Waals surface area contributed by atoms with Crippen LogP contribution in [0.3, 0.4) is 0 Å². The summed E-state index contributed by atoms with van der Waals surface area (Å²) in [5, 5.41) is 10.6. The Morgan fingerprint density at radius 1 is 1.31 bits per heavy atom. The number of amides is 1. The number of nitrogens with zero attached hydrogens (tertiary/aromatic N) is 3. The van der Waals surface area contributed by atoms with Crippen LogP contribution in [-0.2, 0) is 14.8 Å². The number of aromatic nitrogens is 2. The number of benzene rings is 1. The topological polar surface area (TPSA) is 101 Å². The summed E-state index contributed by atoms with van der Waals surface area (Å²) >= 11 is 2.64. The van der Waals surface area contributed by atoms with Crippen molar-refractivity contribution in [3.8, 4) is 5.75 Å². The molecule has 0 aliphatic carbocycles. The van der Waals surface area contributed by atoms with Gasteiger partial charge in [0.2, 0.25) is 21.1 Å². The van der Waals surface area contributed by atoms with Crippen LogP contribution in [0, 0.1) is 0 Å². The number of rotatable bonds is 8. The summed E-state index contributed by atoms with van der Waals surface area (Å²) < 4.78 is 31.5. The molecule has 0 radical (unpaired) electrons. The number of hydrogen-bond donors (Lipinski definition) is 1. The minimum atomic E-state index is -3.65. The molecule has 0 saturated heterocycles. The van der Waals surface area contributed by atoms with Crippen molar-refractivity contribution >= 4 is 49.8 Å². The quantitative estimate of drug-likeness (QED) is 0.521. The van der Waals surface area contributed by atoms with Crippen LogP contribution in [-0.4, -0.2) is 49.7 Å². The molecule has 0 bridgehead atoms. The maximum Gasteiger partial charge on any atom is 0.246 e. The van der Waals surface area contributed by atoms with Gasteiger partial charge < -0.3 is 4.74 Å². The van der Waals surface area contributed by atoms with E-state index in [2.05, 4.69) is 15.5 Å². The molecule has 2 rings (SSSR count). The van der Waals surface area contributed by atoms with Gasteiger partial charge in [-0.05, 0) is 44.4 Å². The van der Waals surface area contributed by atoms with E-state index in [4.69, 9.17) is 4.74 Å². The molecule has 8 nitrogen and oxygen atoms in total. The third-order valence-electron chi connectivity index (χ3n) is 3.01. The monoisotopic (exact) mass is 416 g/mol.